The quantitative estimate of drug-likeness (QED) is 0.622. The van der Waals surface area contributed by atoms with E-state index in [1.54, 1.807) is 0 Å². The lowest BCUT2D eigenvalue weighted by molar-refractivity contribution is 0.0148. The van der Waals surface area contributed by atoms with Crippen LogP contribution in [0.1, 0.15) is 0 Å². The van der Waals surface area contributed by atoms with E-state index in [2.05, 4.69) is 0 Å². The van der Waals surface area contributed by atoms with Crippen molar-refractivity contribution in [3.63, 3.8) is 0 Å². The van der Waals surface area contributed by atoms with Gasteiger partial charge >= 0.3 is 0 Å². The maximum Gasteiger partial charge on any atom is 0.261 e. The molecular weight excluding hydrogens is 164 g/mol. The van der Waals surface area contributed by atoms with E-state index in [9.17, 15) is 8.78 Å². The number of rotatable bonds is 5. The third kappa shape index (κ3) is 3.48. The van der Waals surface area contributed by atoms with Gasteiger partial charge in [0.2, 0.25) is 0 Å². The van der Waals surface area contributed by atoms with Crippen molar-refractivity contribution >= 4 is 0 Å². The van der Waals surface area contributed by atoms with Crippen molar-refractivity contribution in [2.75, 3.05) is 13.2 Å². The second-order valence-electron chi connectivity index (χ2n) is 2.39. The van der Waals surface area contributed by atoms with Crippen molar-refractivity contribution in [1.29, 1.82) is 0 Å². The summed E-state index contributed by atoms with van der Waals surface area (Å²) in [6, 6.07) is 3.76. The highest BCUT2D eigenvalue weighted by molar-refractivity contribution is 4.89. The SMILES string of the molecule is FC(F)COCCn1cccc1. The highest BCUT2D eigenvalue weighted by Gasteiger charge is 2.00. The molecule has 0 saturated carbocycles. The lowest BCUT2D eigenvalue weighted by atomic mass is 10.6. The molecule has 0 unspecified atom stereocenters. The molecule has 0 amide bonds. The van der Waals surface area contributed by atoms with Crippen LogP contribution in [0.15, 0.2) is 24.5 Å². The van der Waals surface area contributed by atoms with Gasteiger partial charge in [-0.05, 0) is 12.1 Å². The van der Waals surface area contributed by atoms with Crippen LogP contribution in [0.2, 0.25) is 0 Å². The maximum atomic E-state index is 11.6. The zero-order chi connectivity index (χ0) is 8.81. The number of hydrogen-bond donors (Lipinski definition) is 0. The van der Waals surface area contributed by atoms with Crippen molar-refractivity contribution in [3.8, 4) is 0 Å². The monoisotopic (exact) mass is 175 g/mol. The van der Waals surface area contributed by atoms with Crippen molar-refractivity contribution in [2.24, 2.45) is 0 Å². The molecule has 0 aliphatic rings. The van der Waals surface area contributed by atoms with E-state index in [0.29, 0.717) is 13.2 Å². The van der Waals surface area contributed by atoms with Crippen molar-refractivity contribution in [2.45, 2.75) is 13.0 Å². The molecule has 0 atom stereocenters. The molecule has 1 rings (SSSR count). The van der Waals surface area contributed by atoms with E-state index in [0.717, 1.165) is 0 Å². The van der Waals surface area contributed by atoms with Gasteiger partial charge in [0.05, 0.1) is 6.61 Å². The van der Waals surface area contributed by atoms with Gasteiger partial charge in [0.1, 0.15) is 6.61 Å². The topological polar surface area (TPSA) is 14.2 Å². The van der Waals surface area contributed by atoms with Gasteiger partial charge in [0, 0.05) is 18.9 Å². The Morgan fingerprint density at radius 1 is 1.25 bits per heavy atom. The minimum Gasteiger partial charge on any atom is -0.374 e. The van der Waals surface area contributed by atoms with Crippen molar-refractivity contribution < 1.29 is 13.5 Å². The van der Waals surface area contributed by atoms with Crippen LogP contribution in [0.5, 0.6) is 0 Å². The van der Waals surface area contributed by atoms with Crippen LogP contribution in [0.3, 0.4) is 0 Å². The number of aromatic nitrogens is 1. The first-order chi connectivity index (χ1) is 5.79. The largest absolute Gasteiger partial charge is 0.374 e. The van der Waals surface area contributed by atoms with Crippen LogP contribution >= 0.6 is 0 Å². The summed E-state index contributed by atoms with van der Waals surface area (Å²) in [4.78, 5) is 0. The Balaban J connectivity index is 2.04. The molecule has 68 valence electrons. The zero-order valence-corrected chi connectivity index (χ0v) is 6.62. The summed E-state index contributed by atoms with van der Waals surface area (Å²) in [5.74, 6) is 0. The molecule has 0 aliphatic carbocycles. The molecule has 12 heavy (non-hydrogen) atoms. The summed E-state index contributed by atoms with van der Waals surface area (Å²) in [7, 11) is 0. The first kappa shape index (κ1) is 9.19. The first-order valence-corrected chi connectivity index (χ1v) is 3.75. The van der Waals surface area contributed by atoms with Gasteiger partial charge in [-0.15, -0.1) is 0 Å². The Bertz CT molecular complexity index is 199. The lowest BCUT2D eigenvalue weighted by Gasteiger charge is -2.03. The molecule has 1 heterocycles. The van der Waals surface area contributed by atoms with E-state index >= 15 is 0 Å². The average molecular weight is 175 g/mol. The summed E-state index contributed by atoms with van der Waals surface area (Å²) >= 11 is 0. The standard InChI is InChI=1S/C8H11F2NO/c9-8(10)7-12-6-5-11-3-1-2-4-11/h1-4,8H,5-7H2. The predicted molar refractivity (Wildman–Crippen MR) is 41.3 cm³/mol. The van der Waals surface area contributed by atoms with E-state index in [4.69, 9.17) is 4.74 Å². The van der Waals surface area contributed by atoms with E-state index in [1.165, 1.54) is 0 Å². The number of ether oxygens (including phenoxy) is 1. The Hall–Kier alpha value is -0.900. The fourth-order valence-corrected chi connectivity index (χ4v) is 0.862. The molecule has 0 aromatic carbocycles. The van der Waals surface area contributed by atoms with Crippen LogP contribution in [0, 0.1) is 0 Å². The second kappa shape index (κ2) is 4.87. The highest BCUT2D eigenvalue weighted by Crippen LogP contribution is 1.94. The molecule has 4 heteroatoms. The van der Waals surface area contributed by atoms with Gasteiger partial charge in [0.25, 0.3) is 6.43 Å². The van der Waals surface area contributed by atoms with E-state index in [-0.39, 0.29) is 0 Å². The average Bonchev–Trinajstić information content (AvgIpc) is 2.49. The second-order valence-corrected chi connectivity index (χ2v) is 2.39. The third-order valence-corrected chi connectivity index (χ3v) is 1.40. The number of hydrogen-bond acceptors (Lipinski definition) is 1. The highest BCUT2D eigenvalue weighted by atomic mass is 19.3. The molecular formula is C8H11F2NO. The summed E-state index contributed by atoms with van der Waals surface area (Å²) < 4.78 is 29.7. The van der Waals surface area contributed by atoms with Gasteiger partial charge in [-0.1, -0.05) is 0 Å². The van der Waals surface area contributed by atoms with Crippen LogP contribution in [-0.2, 0) is 11.3 Å². The maximum absolute atomic E-state index is 11.6. The fraction of sp³-hybridized carbons (Fsp3) is 0.500. The Kier molecular flexibility index (Phi) is 3.73. The lowest BCUT2D eigenvalue weighted by Crippen LogP contribution is -2.09. The molecule has 0 radical (unpaired) electrons. The Morgan fingerprint density at radius 3 is 2.50 bits per heavy atom. The molecule has 1 aromatic rings. The van der Waals surface area contributed by atoms with E-state index < -0.39 is 13.0 Å². The minimum absolute atomic E-state index is 0.332. The number of halogens is 2. The molecule has 0 fully saturated rings. The smallest absolute Gasteiger partial charge is 0.261 e. The predicted octanol–water partition coefficient (Wildman–Crippen LogP) is 1.77. The molecule has 2 nitrogen and oxygen atoms in total. The summed E-state index contributed by atoms with van der Waals surface area (Å²) in [6.45, 7) is 0.486. The normalized spacial score (nSPS) is 10.9. The van der Waals surface area contributed by atoms with Crippen molar-refractivity contribution in [3.05, 3.63) is 24.5 Å². The van der Waals surface area contributed by atoms with Gasteiger partial charge in [0.15, 0.2) is 0 Å². The summed E-state index contributed by atoms with van der Waals surface area (Å²) in [5, 5.41) is 0. The van der Waals surface area contributed by atoms with Gasteiger partial charge in [-0.3, -0.25) is 0 Å². The molecule has 0 spiro atoms. The van der Waals surface area contributed by atoms with Crippen molar-refractivity contribution in [1.82, 2.24) is 4.57 Å². The van der Waals surface area contributed by atoms with Crippen LogP contribution in [0.25, 0.3) is 0 Å². The molecule has 0 saturated heterocycles. The van der Waals surface area contributed by atoms with Gasteiger partial charge < -0.3 is 9.30 Å². The third-order valence-electron chi connectivity index (χ3n) is 1.40. The molecule has 0 bridgehead atoms. The Morgan fingerprint density at radius 2 is 1.92 bits per heavy atom. The number of alkyl halides is 2. The van der Waals surface area contributed by atoms with Crippen LogP contribution < -0.4 is 0 Å². The van der Waals surface area contributed by atoms with Crippen LogP contribution in [-0.4, -0.2) is 24.2 Å². The number of nitrogens with zero attached hydrogens (tertiary/aromatic N) is 1. The zero-order valence-electron chi connectivity index (χ0n) is 6.62. The molecule has 0 N–H and O–H groups in total. The van der Waals surface area contributed by atoms with Gasteiger partial charge in [-0.25, -0.2) is 8.78 Å². The summed E-state index contributed by atoms with van der Waals surface area (Å²) in [5.41, 5.74) is 0. The van der Waals surface area contributed by atoms with Crippen LogP contribution in [0.4, 0.5) is 8.78 Å². The molecule has 0 aliphatic heterocycles. The van der Waals surface area contributed by atoms with E-state index in [1.807, 2.05) is 29.1 Å². The summed E-state index contributed by atoms with van der Waals surface area (Å²) in [6.07, 6.45) is 1.37. The molecule has 1 aromatic heterocycles. The Labute approximate surface area is 69.8 Å². The fourth-order valence-electron chi connectivity index (χ4n) is 0.862. The first-order valence-electron chi connectivity index (χ1n) is 3.75. The van der Waals surface area contributed by atoms with Gasteiger partial charge in [-0.2, -0.15) is 0 Å². The minimum atomic E-state index is -2.37.